The molecule has 0 aromatic heterocycles. The summed E-state index contributed by atoms with van der Waals surface area (Å²) in [6.45, 7) is 6.50. The summed E-state index contributed by atoms with van der Waals surface area (Å²) in [7, 11) is 0. The highest BCUT2D eigenvalue weighted by molar-refractivity contribution is 4.89. The summed E-state index contributed by atoms with van der Waals surface area (Å²) < 4.78 is 0. The van der Waals surface area contributed by atoms with Gasteiger partial charge in [-0.05, 0) is 19.3 Å². The first-order chi connectivity index (χ1) is 7.60. The maximum absolute atomic E-state index is 10.6. The van der Waals surface area contributed by atoms with E-state index in [9.17, 15) is 5.11 Å². The summed E-state index contributed by atoms with van der Waals surface area (Å²) in [5.74, 6) is 0. The molecule has 0 spiro atoms. The predicted molar refractivity (Wildman–Crippen MR) is 71.5 cm³/mol. The van der Waals surface area contributed by atoms with Crippen molar-refractivity contribution in [2.45, 2.75) is 90.2 Å². The van der Waals surface area contributed by atoms with Crippen molar-refractivity contribution in [3.05, 3.63) is 0 Å². The van der Waals surface area contributed by atoms with Crippen LogP contribution >= 0.6 is 0 Å². The number of hydrogen-bond acceptors (Lipinski definition) is 2. The van der Waals surface area contributed by atoms with Crippen molar-refractivity contribution < 1.29 is 5.11 Å². The fraction of sp³-hybridized carbons (Fsp3) is 1.00. The van der Waals surface area contributed by atoms with Gasteiger partial charge in [0.15, 0.2) is 0 Å². The Morgan fingerprint density at radius 3 is 1.75 bits per heavy atom. The van der Waals surface area contributed by atoms with E-state index in [0.29, 0.717) is 0 Å². The number of hydrogen-bond donors (Lipinski definition) is 2. The molecule has 1 unspecified atom stereocenters. The standard InChI is InChI=1S/C14H31NO/c1-4-7-10-13(15)14(16,11-8-5-2)12-9-6-3/h13,16H,4-12,15H2,1-3H3. The molecule has 0 amide bonds. The maximum atomic E-state index is 10.6. The largest absolute Gasteiger partial charge is 0.388 e. The van der Waals surface area contributed by atoms with Crippen molar-refractivity contribution in [3.63, 3.8) is 0 Å². The molecular formula is C14H31NO. The Morgan fingerprint density at radius 2 is 1.38 bits per heavy atom. The van der Waals surface area contributed by atoms with Crippen LogP contribution in [0.25, 0.3) is 0 Å². The highest BCUT2D eigenvalue weighted by atomic mass is 16.3. The van der Waals surface area contributed by atoms with Crippen molar-refractivity contribution in [2.24, 2.45) is 5.73 Å². The minimum absolute atomic E-state index is 0.0365. The fourth-order valence-electron chi connectivity index (χ4n) is 2.15. The fourth-order valence-corrected chi connectivity index (χ4v) is 2.15. The smallest absolute Gasteiger partial charge is 0.0797 e. The lowest BCUT2D eigenvalue weighted by Gasteiger charge is -2.34. The van der Waals surface area contributed by atoms with Gasteiger partial charge in [0.2, 0.25) is 0 Å². The van der Waals surface area contributed by atoms with E-state index in [1.807, 2.05) is 0 Å². The Balaban J connectivity index is 4.24. The van der Waals surface area contributed by atoms with Gasteiger partial charge in [0.05, 0.1) is 5.60 Å². The first-order valence-corrected chi connectivity index (χ1v) is 7.08. The summed E-state index contributed by atoms with van der Waals surface area (Å²) in [6, 6.07) is -0.0365. The molecule has 0 radical (unpaired) electrons. The number of aliphatic hydroxyl groups is 1. The Kier molecular flexibility index (Phi) is 8.96. The Labute approximate surface area is 102 Å². The molecule has 0 aliphatic heterocycles. The third-order valence-corrected chi connectivity index (χ3v) is 3.49. The van der Waals surface area contributed by atoms with E-state index in [1.165, 1.54) is 0 Å². The molecular weight excluding hydrogens is 198 g/mol. The van der Waals surface area contributed by atoms with Gasteiger partial charge in [-0.25, -0.2) is 0 Å². The van der Waals surface area contributed by atoms with Gasteiger partial charge in [-0.3, -0.25) is 0 Å². The third kappa shape index (κ3) is 5.86. The highest BCUT2D eigenvalue weighted by Crippen LogP contribution is 2.26. The van der Waals surface area contributed by atoms with E-state index in [2.05, 4.69) is 20.8 Å². The Morgan fingerprint density at radius 1 is 0.938 bits per heavy atom. The molecule has 0 saturated carbocycles. The molecule has 3 N–H and O–H groups in total. The second kappa shape index (κ2) is 9.00. The Bertz CT molecular complexity index is 151. The lowest BCUT2D eigenvalue weighted by molar-refractivity contribution is -0.00899. The van der Waals surface area contributed by atoms with E-state index in [-0.39, 0.29) is 6.04 Å². The summed E-state index contributed by atoms with van der Waals surface area (Å²) >= 11 is 0. The minimum Gasteiger partial charge on any atom is -0.388 e. The van der Waals surface area contributed by atoms with Gasteiger partial charge in [-0.2, -0.15) is 0 Å². The molecule has 16 heavy (non-hydrogen) atoms. The quantitative estimate of drug-likeness (QED) is 0.601. The molecule has 98 valence electrons. The normalized spacial score (nSPS) is 14.1. The first kappa shape index (κ1) is 15.9. The van der Waals surface area contributed by atoms with Gasteiger partial charge >= 0.3 is 0 Å². The molecule has 0 heterocycles. The molecule has 2 heteroatoms. The zero-order valence-electron chi connectivity index (χ0n) is 11.5. The zero-order chi connectivity index (χ0) is 12.4. The second-order valence-electron chi connectivity index (χ2n) is 5.06. The molecule has 0 fully saturated rings. The summed E-state index contributed by atoms with van der Waals surface area (Å²) in [4.78, 5) is 0. The van der Waals surface area contributed by atoms with Gasteiger partial charge in [0, 0.05) is 6.04 Å². The van der Waals surface area contributed by atoms with Crippen molar-refractivity contribution in [1.29, 1.82) is 0 Å². The van der Waals surface area contributed by atoms with E-state index in [0.717, 1.165) is 57.8 Å². The number of rotatable bonds is 10. The molecule has 2 nitrogen and oxygen atoms in total. The second-order valence-corrected chi connectivity index (χ2v) is 5.06. The summed E-state index contributed by atoms with van der Waals surface area (Å²) in [6.07, 6.45) is 9.42. The van der Waals surface area contributed by atoms with Crippen LogP contribution in [0.5, 0.6) is 0 Å². The van der Waals surface area contributed by atoms with E-state index >= 15 is 0 Å². The van der Waals surface area contributed by atoms with Crippen molar-refractivity contribution >= 4 is 0 Å². The summed E-state index contributed by atoms with van der Waals surface area (Å²) in [5.41, 5.74) is 5.56. The topological polar surface area (TPSA) is 46.2 Å². The van der Waals surface area contributed by atoms with E-state index in [4.69, 9.17) is 5.73 Å². The van der Waals surface area contributed by atoms with Crippen molar-refractivity contribution in [3.8, 4) is 0 Å². The van der Waals surface area contributed by atoms with Gasteiger partial charge < -0.3 is 10.8 Å². The van der Waals surface area contributed by atoms with Gasteiger partial charge in [0.25, 0.3) is 0 Å². The molecule has 0 saturated heterocycles. The lowest BCUT2D eigenvalue weighted by Crippen LogP contribution is -2.48. The van der Waals surface area contributed by atoms with Crippen LogP contribution in [-0.2, 0) is 0 Å². The monoisotopic (exact) mass is 229 g/mol. The average Bonchev–Trinajstić information content (AvgIpc) is 2.30. The van der Waals surface area contributed by atoms with Crippen molar-refractivity contribution in [1.82, 2.24) is 0 Å². The van der Waals surface area contributed by atoms with E-state index in [1.54, 1.807) is 0 Å². The minimum atomic E-state index is -0.610. The SMILES string of the molecule is CCCCC(N)C(O)(CCCC)CCCC. The van der Waals surface area contributed by atoms with Gasteiger partial charge in [0.1, 0.15) is 0 Å². The highest BCUT2D eigenvalue weighted by Gasteiger charge is 2.32. The Hall–Kier alpha value is -0.0800. The molecule has 0 aliphatic rings. The van der Waals surface area contributed by atoms with E-state index < -0.39 is 5.60 Å². The van der Waals surface area contributed by atoms with Crippen LogP contribution in [0.4, 0.5) is 0 Å². The number of unbranched alkanes of at least 4 members (excludes halogenated alkanes) is 3. The molecule has 0 aromatic rings. The summed E-state index contributed by atoms with van der Waals surface area (Å²) in [5, 5.41) is 10.6. The maximum Gasteiger partial charge on any atom is 0.0797 e. The van der Waals surface area contributed by atoms with Crippen LogP contribution in [0.3, 0.4) is 0 Å². The lowest BCUT2D eigenvalue weighted by atomic mass is 9.82. The number of nitrogens with two attached hydrogens (primary N) is 1. The molecule has 0 bridgehead atoms. The molecule has 0 aliphatic carbocycles. The predicted octanol–water partition coefficient (Wildman–Crippen LogP) is 3.62. The molecule has 0 aromatic carbocycles. The van der Waals surface area contributed by atoms with Gasteiger partial charge in [-0.15, -0.1) is 0 Å². The van der Waals surface area contributed by atoms with Crippen LogP contribution in [0, 0.1) is 0 Å². The van der Waals surface area contributed by atoms with Crippen LogP contribution < -0.4 is 5.73 Å². The van der Waals surface area contributed by atoms with Crippen LogP contribution in [0.15, 0.2) is 0 Å². The van der Waals surface area contributed by atoms with Gasteiger partial charge in [-0.1, -0.05) is 59.3 Å². The first-order valence-electron chi connectivity index (χ1n) is 7.08. The molecule has 1 atom stereocenters. The van der Waals surface area contributed by atoms with Crippen LogP contribution in [-0.4, -0.2) is 16.7 Å². The molecule has 0 rings (SSSR count). The van der Waals surface area contributed by atoms with Crippen LogP contribution in [0.1, 0.15) is 78.6 Å². The van der Waals surface area contributed by atoms with Crippen LogP contribution in [0.2, 0.25) is 0 Å². The average molecular weight is 229 g/mol. The van der Waals surface area contributed by atoms with Crippen molar-refractivity contribution in [2.75, 3.05) is 0 Å². The zero-order valence-corrected chi connectivity index (χ0v) is 11.5. The third-order valence-electron chi connectivity index (χ3n) is 3.49.